The zero-order valence-corrected chi connectivity index (χ0v) is 23.4. The van der Waals surface area contributed by atoms with Gasteiger partial charge in [0, 0.05) is 18.1 Å². The Balaban J connectivity index is 2.10. The first kappa shape index (κ1) is 29.0. The minimum atomic E-state index is -4.19. The van der Waals surface area contributed by atoms with Crippen LogP contribution in [0.2, 0.25) is 5.02 Å². The lowest BCUT2D eigenvalue weighted by Gasteiger charge is -2.32. The lowest BCUT2D eigenvalue weighted by molar-refractivity contribution is -0.139. The molecule has 0 aliphatic rings. The molecule has 0 aliphatic heterocycles. The van der Waals surface area contributed by atoms with Crippen LogP contribution in [-0.2, 0) is 26.2 Å². The summed E-state index contributed by atoms with van der Waals surface area (Å²) in [6.45, 7) is 5.03. The van der Waals surface area contributed by atoms with Gasteiger partial charge in [-0.3, -0.25) is 13.9 Å². The predicted octanol–water partition coefficient (Wildman–Crippen LogP) is 4.41. The van der Waals surface area contributed by atoms with Gasteiger partial charge in [0.25, 0.3) is 10.0 Å². The van der Waals surface area contributed by atoms with E-state index in [0.717, 1.165) is 9.87 Å². The maximum Gasteiger partial charge on any atom is 0.264 e. The van der Waals surface area contributed by atoms with Crippen LogP contribution in [0, 0.1) is 6.92 Å². The number of nitrogens with one attached hydrogen (secondary N) is 1. The van der Waals surface area contributed by atoms with Crippen molar-refractivity contribution in [2.45, 2.75) is 38.3 Å². The number of rotatable bonds is 11. The number of benzene rings is 3. The molecule has 0 heterocycles. The molecule has 0 aliphatic carbocycles. The van der Waals surface area contributed by atoms with Crippen LogP contribution in [0.3, 0.4) is 0 Å². The molecule has 0 saturated carbocycles. The molecule has 3 rings (SSSR count). The molecule has 0 bridgehead atoms. The molecule has 38 heavy (non-hydrogen) atoms. The number of carbonyl (C=O) groups excluding carboxylic acids is 2. The third kappa shape index (κ3) is 6.65. The van der Waals surface area contributed by atoms with Gasteiger partial charge in [-0.15, -0.1) is 0 Å². The van der Waals surface area contributed by atoms with Crippen LogP contribution in [0.15, 0.2) is 77.7 Å². The fourth-order valence-electron chi connectivity index (χ4n) is 3.94. The van der Waals surface area contributed by atoms with E-state index in [1.54, 1.807) is 74.5 Å². The van der Waals surface area contributed by atoms with E-state index < -0.39 is 28.5 Å². The van der Waals surface area contributed by atoms with Crippen molar-refractivity contribution in [3.8, 4) is 5.75 Å². The first-order valence-corrected chi connectivity index (χ1v) is 13.9. The highest BCUT2D eigenvalue weighted by Gasteiger charge is 2.34. The number of ether oxygens (including phenoxy) is 1. The maximum absolute atomic E-state index is 13.9. The summed E-state index contributed by atoms with van der Waals surface area (Å²) in [5.41, 5.74) is 1.63. The molecular formula is C28H32ClN3O5S. The first-order chi connectivity index (χ1) is 18.1. The zero-order chi connectivity index (χ0) is 27.9. The average molecular weight is 558 g/mol. The Hall–Kier alpha value is -3.56. The second kappa shape index (κ2) is 12.8. The van der Waals surface area contributed by atoms with Crippen molar-refractivity contribution >= 4 is 39.1 Å². The van der Waals surface area contributed by atoms with Crippen molar-refractivity contribution in [3.63, 3.8) is 0 Å². The van der Waals surface area contributed by atoms with Gasteiger partial charge in [-0.05, 0) is 62.2 Å². The van der Waals surface area contributed by atoms with Crippen molar-refractivity contribution in [1.29, 1.82) is 0 Å². The molecule has 0 unspecified atom stereocenters. The van der Waals surface area contributed by atoms with Gasteiger partial charge in [0.15, 0.2) is 0 Å². The number of halogens is 1. The lowest BCUT2D eigenvalue weighted by atomic mass is 10.1. The molecule has 0 fully saturated rings. The first-order valence-electron chi connectivity index (χ1n) is 12.1. The predicted molar refractivity (Wildman–Crippen MR) is 149 cm³/mol. The smallest absolute Gasteiger partial charge is 0.264 e. The van der Waals surface area contributed by atoms with Gasteiger partial charge in [0.2, 0.25) is 11.8 Å². The molecule has 3 aromatic carbocycles. The van der Waals surface area contributed by atoms with Gasteiger partial charge in [-0.1, -0.05) is 54.1 Å². The summed E-state index contributed by atoms with van der Waals surface area (Å²) in [6, 6.07) is 19.1. The summed E-state index contributed by atoms with van der Waals surface area (Å²) in [5.74, 6) is -0.650. The molecule has 10 heteroatoms. The van der Waals surface area contributed by atoms with Gasteiger partial charge >= 0.3 is 0 Å². The molecule has 0 aromatic heterocycles. The van der Waals surface area contributed by atoms with Crippen LogP contribution < -0.4 is 14.4 Å². The highest BCUT2D eigenvalue weighted by Crippen LogP contribution is 2.33. The number of carbonyl (C=O) groups is 2. The second-order valence-corrected chi connectivity index (χ2v) is 11.0. The van der Waals surface area contributed by atoms with Gasteiger partial charge in [-0.2, -0.15) is 0 Å². The molecule has 202 valence electrons. The Morgan fingerprint density at radius 1 is 1.03 bits per heavy atom. The normalized spacial score (nSPS) is 11.9. The van der Waals surface area contributed by atoms with E-state index in [1.807, 2.05) is 6.92 Å². The van der Waals surface area contributed by atoms with E-state index >= 15 is 0 Å². The molecule has 1 N–H and O–H groups in total. The summed E-state index contributed by atoms with van der Waals surface area (Å²) in [4.78, 5) is 28.1. The Morgan fingerprint density at radius 3 is 2.32 bits per heavy atom. The zero-order valence-electron chi connectivity index (χ0n) is 21.8. The van der Waals surface area contributed by atoms with Crippen LogP contribution in [0.1, 0.15) is 25.0 Å². The average Bonchev–Trinajstić information content (AvgIpc) is 2.91. The number of sulfonamides is 1. The summed E-state index contributed by atoms with van der Waals surface area (Å²) >= 11 is 6.37. The molecule has 1 atom stereocenters. The number of nitrogens with zero attached hydrogens (tertiary/aromatic N) is 2. The molecule has 2 amide bonds. The highest BCUT2D eigenvalue weighted by atomic mass is 35.5. The van der Waals surface area contributed by atoms with E-state index in [1.165, 1.54) is 24.1 Å². The summed E-state index contributed by atoms with van der Waals surface area (Å²) in [5, 5.41) is 3.16. The maximum atomic E-state index is 13.9. The molecule has 0 spiro atoms. The lowest BCUT2D eigenvalue weighted by Crippen LogP contribution is -2.51. The number of anilines is 1. The Bertz CT molecular complexity index is 1380. The number of hydrogen-bond donors (Lipinski definition) is 1. The molecular weight excluding hydrogens is 526 g/mol. The van der Waals surface area contributed by atoms with Crippen molar-refractivity contribution in [2.75, 3.05) is 24.5 Å². The topological polar surface area (TPSA) is 96.0 Å². The van der Waals surface area contributed by atoms with Crippen molar-refractivity contribution < 1.29 is 22.7 Å². The SMILES string of the molecule is CCNC(=O)[C@@H](C)N(Cc1ccccc1Cl)C(=O)CN(c1cc(C)ccc1OC)S(=O)(=O)c1ccccc1. The van der Waals surface area contributed by atoms with Crippen LogP contribution in [-0.4, -0.2) is 51.4 Å². The molecule has 8 nitrogen and oxygen atoms in total. The van der Waals surface area contributed by atoms with Crippen LogP contribution in [0.25, 0.3) is 0 Å². The van der Waals surface area contributed by atoms with Crippen molar-refractivity contribution in [2.24, 2.45) is 0 Å². The van der Waals surface area contributed by atoms with E-state index in [4.69, 9.17) is 16.3 Å². The second-order valence-electron chi connectivity index (χ2n) is 8.68. The fraction of sp³-hybridized carbons (Fsp3) is 0.286. The summed E-state index contributed by atoms with van der Waals surface area (Å²) < 4.78 is 34.3. The van der Waals surface area contributed by atoms with Gasteiger partial charge in [0.05, 0.1) is 17.7 Å². The number of hydrogen-bond acceptors (Lipinski definition) is 5. The Morgan fingerprint density at radius 2 is 1.68 bits per heavy atom. The van der Waals surface area contributed by atoms with E-state index in [9.17, 15) is 18.0 Å². The van der Waals surface area contributed by atoms with Gasteiger partial charge in [-0.25, -0.2) is 8.42 Å². The third-order valence-corrected chi connectivity index (χ3v) is 8.17. The van der Waals surface area contributed by atoms with Gasteiger partial charge < -0.3 is 15.0 Å². The van der Waals surface area contributed by atoms with E-state index in [0.29, 0.717) is 17.1 Å². The number of likely N-dealkylation sites (N-methyl/N-ethyl adjacent to an activating group) is 1. The Kier molecular flexibility index (Phi) is 9.77. The van der Waals surface area contributed by atoms with Crippen molar-refractivity contribution in [1.82, 2.24) is 10.2 Å². The minimum absolute atomic E-state index is 0.0149. The molecule has 3 aromatic rings. The molecule has 0 saturated heterocycles. The Labute approximate surface area is 229 Å². The highest BCUT2D eigenvalue weighted by molar-refractivity contribution is 7.92. The minimum Gasteiger partial charge on any atom is -0.495 e. The number of methoxy groups -OCH3 is 1. The van der Waals surface area contributed by atoms with Crippen LogP contribution in [0.5, 0.6) is 5.75 Å². The monoisotopic (exact) mass is 557 g/mol. The van der Waals surface area contributed by atoms with Gasteiger partial charge in [0.1, 0.15) is 18.3 Å². The quantitative estimate of drug-likeness (QED) is 0.377. The van der Waals surface area contributed by atoms with Crippen molar-refractivity contribution in [3.05, 3.63) is 88.9 Å². The standard InChI is InChI=1S/C28H32ClN3O5S/c1-5-30-28(34)21(3)31(18-22-11-9-10-14-24(22)29)27(33)19-32(25-17-20(2)15-16-26(25)37-4)38(35,36)23-12-7-6-8-13-23/h6-17,21H,5,18-19H2,1-4H3,(H,30,34)/t21-/m1/s1. The molecule has 0 radical (unpaired) electrons. The van der Waals surface area contributed by atoms with Crippen LogP contribution >= 0.6 is 11.6 Å². The summed E-state index contributed by atoms with van der Waals surface area (Å²) in [7, 11) is -2.76. The number of amides is 2. The largest absolute Gasteiger partial charge is 0.495 e. The number of aryl methyl sites for hydroxylation is 1. The fourth-order valence-corrected chi connectivity index (χ4v) is 5.58. The van der Waals surface area contributed by atoms with E-state index in [2.05, 4.69) is 5.32 Å². The van der Waals surface area contributed by atoms with Crippen LogP contribution in [0.4, 0.5) is 5.69 Å². The third-order valence-electron chi connectivity index (χ3n) is 6.03. The summed E-state index contributed by atoms with van der Waals surface area (Å²) in [6.07, 6.45) is 0. The van der Waals surface area contributed by atoms with E-state index in [-0.39, 0.29) is 28.8 Å².